The van der Waals surface area contributed by atoms with E-state index in [0.717, 1.165) is 52.9 Å². The Balaban J connectivity index is 1.30. The van der Waals surface area contributed by atoms with Crippen LogP contribution in [0.2, 0.25) is 5.02 Å². The fourth-order valence-corrected chi connectivity index (χ4v) is 7.69. The van der Waals surface area contributed by atoms with Crippen molar-refractivity contribution in [2.45, 2.75) is 75.9 Å². The molecule has 0 radical (unpaired) electrons. The minimum Gasteiger partial charge on any atom is -0.462 e. The van der Waals surface area contributed by atoms with Crippen molar-refractivity contribution in [3.8, 4) is 12.1 Å². The Morgan fingerprint density at radius 2 is 1.96 bits per heavy atom. The van der Waals surface area contributed by atoms with Crippen LogP contribution in [-0.4, -0.2) is 71.0 Å². The first-order valence-electron chi connectivity index (χ1n) is 16.0. The van der Waals surface area contributed by atoms with Gasteiger partial charge in [0.15, 0.2) is 5.83 Å². The molecule has 1 saturated carbocycles. The number of rotatable bonds is 9. The number of carbonyl (C=O) groups is 1. The van der Waals surface area contributed by atoms with Crippen LogP contribution in [0.1, 0.15) is 67.8 Å². The number of fused-ring (bicyclic) bond motifs is 2. The van der Waals surface area contributed by atoms with Gasteiger partial charge in [-0.3, -0.25) is 4.79 Å². The lowest BCUT2D eigenvalue weighted by atomic mass is 9.83. The lowest BCUT2D eigenvalue weighted by Gasteiger charge is -2.39. The Morgan fingerprint density at radius 3 is 2.71 bits per heavy atom. The minimum absolute atomic E-state index is 0.0147. The molecule has 10 heteroatoms. The van der Waals surface area contributed by atoms with Gasteiger partial charge < -0.3 is 19.4 Å². The molecule has 236 valence electrons. The Kier molecular flexibility index (Phi) is 9.53. The molecule has 2 aromatic carbocycles. The van der Waals surface area contributed by atoms with Gasteiger partial charge in [0.05, 0.1) is 35.4 Å². The van der Waals surface area contributed by atoms with E-state index in [1.54, 1.807) is 0 Å². The van der Waals surface area contributed by atoms with Crippen LogP contribution in [-0.2, 0) is 17.8 Å². The summed E-state index contributed by atoms with van der Waals surface area (Å²) < 4.78 is 20.1. The Hall–Kier alpha value is -3.74. The molecule has 1 aliphatic carbocycles. The third-order valence-electron chi connectivity index (χ3n) is 9.79. The van der Waals surface area contributed by atoms with Crippen molar-refractivity contribution in [1.82, 2.24) is 19.8 Å². The van der Waals surface area contributed by atoms with E-state index in [4.69, 9.17) is 26.3 Å². The van der Waals surface area contributed by atoms with Gasteiger partial charge in [-0.15, -0.1) is 0 Å². The molecule has 0 bridgehead atoms. The molecule has 1 unspecified atom stereocenters. The summed E-state index contributed by atoms with van der Waals surface area (Å²) in [5, 5.41) is 12.4. The number of likely N-dealkylation sites (tertiary alicyclic amines) is 1. The standard InChI is InChI=1S/C35H40ClFN6O2/c1-23(37)34(44)43-18-14-25(21-27(43)13-16-38)33-28-15-17-42(31-12-6-8-24-7-5-11-29(36)32(24)31)22-30(28)39-35(40-33)45-20-19-41(2)26-9-3-4-10-26/h5-8,11-12,25-27H,1,3-4,9-10,13-15,17-22H2,2H3/t25?,27-/m0/s1. The van der Waals surface area contributed by atoms with E-state index in [1.807, 2.05) is 12.1 Å². The van der Waals surface area contributed by atoms with Crippen molar-refractivity contribution >= 4 is 34.0 Å². The summed E-state index contributed by atoms with van der Waals surface area (Å²) in [6.45, 7) is 6.15. The molecule has 1 amide bonds. The molecule has 45 heavy (non-hydrogen) atoms. The highest BCUT2D eigenvalue weighted by Gasteiger charge is 2.36. The zero-order valence-corrected chi connectivity index (χ0v) is 26.6. The van der Waals surface area contributed by atoms with Crippen molar-refractivity contribution in [3.63, 3.8) is 0 Å². The van der Waals surface area contributed by atoms with Gasteiger partial charge in [-0.05, 0) is 62.2 Å². The number of piperidine rings is 1. The summed E-state index contributed by atoms with van der Waals surface area (Å²) in [4.78, 5) is 28.6. The van der Waals surface area contributed by atoms with Crippen LogP contribution < -0.4 is 9.64 Å². The summed E-state index contributed by atoms with van der Waals surface area (Å²) in [5.74, 6) is -1.75. The molecule has 3 aromatic rings. The number of likely N-dealkylation sites (N-methyl/N-ethyl adjacent to an activating group) is 1. The summed E-state index contributed by atoms with van der Waals surface area (Å²) in [5.41, 5.74) is 4.01. The van der Waals surface area contributed by atoms with Crippen LogP contribution in [0, 0.1) is 11.3 Å². The number of carbonyl (C=O) groups excluding carboxylic acids is 1. The van der Waals surface area contributed by atoms with Crippen LogP contribution in [0.25, 0.3) is 10.8 Å². The SMILES string of the molecule is C=C(F)C(=O)N1CCC(c2nc(OCCN(C)C3CCCC3)nc3c2CCN(c2cccc4cccc(Cl)c24)C3)C[C@@H]1CC#N. The average molecular weight is 631 g/mol. The second kappa shape index (κ2) is 13.7. The molecule has 0 N–H and O–H groups in total. The van der Waals surface area contributed by atoms with Gasteiger partial charge >= 0.3 is 6.01 Å². The van der Waals surface area contributed by atoms with Crippen LogP contribution in [0.4, 0.5) is 10.1 Å². The number of nitrogens with zero attached hydrogens (tertiary/aromatic N) is 6. The maximum absolute atomic E-state index is 13.8. The fourth-order valence-electron chi connectivity index (χ4n) is 7.41. The summed E-state index contributed by atoms with van der Waals surface area (Å²) in [6.07, 6.45) is 6.99. The van der Waals surface area contributed by atoms with Gasteiger partial charge in [0, 0.05) is 48.7 Å². The highest BCUT2D eigenvalue weighted by atomic mass is 35.5. The zero-order chi connectivity index (χ0) is 31.5. The van der Waals surface area contributed by atoms with E-state index in [1.165, 1.54) is 30.6 Å². The first-order valence-corrected chi connectivity index (χ1v) is 16.4. The second-order valence-corrected chi connectivity index (χ2v) is 12.9. The molecular weight excluding hydrogens is 591 g/mol. The maximum Gasteiger partial charge on any atom is 0.316 e. The van der Waals surface area contributed by atoms with Crippen LogP contribution in [0.15, 0.2) is 48.8 Å². The number of hydrogen-bond donors (Lipinski definition) is 0. The average Bonchev–Trinajstić information content (AvgIpc) is 3.59. The van der Waals surface area contributed by atoms with Crippen molar-refractivity contribution in [3.05, 3.63) is 70.8 Å². The molecule has 8 nitrogen and oxygen atoms in total. The third-order valence-corrected chi connectivity index (χ3v) is 10.1. The normalized spacial score (nSPS) is 20.3. The van der Waals surface area contributed by atoms with Gasteiger partial charge in [0.2, 0.25) is 0 Å². The smallest absolute Gasteiger partial charge is 0.316 e. The van der Waals surface area contributed by atoms with Crippen molar-refractivity contribution in [2.24, 2.45) is 0 Å². The molecule has 0 spiro atoms. The Bertz CT molecular complexity index is 1610. The van der Waals surface area contributed by atoms with E-state index in [9.17, 15) is 14.4 Å². The molecule has 1 saturated heterocycles. The number of anilines is 1. The number of amides is 1. The summed E-state index contributed by atoms with van der Waals surface area (Å²) in [6, 6.07) is 14.9. The van der Waals surface area contributed by atoms with Gasteiger partial charge in [0.1, 0.15) is 6.61 Å². The van der Waals surface area contributed by atoms with E-state index in [-0.39, 0.29) is 12.3 Å². The van der Waals surface area contributed by atoms with E-state index in [0.29, 0.717) is 49.6 Å². The van der Waals surface area contributed by atoms with E-state index < -0.39 is 17.8 Å². The number of nitriles is 1. The number of halogens is 2. The van der Waals surface area contributed by atoms with E-state index >= 15 is 0 Å². The molecule has 2 fully saturated rings. The van der Waals surface area contributed by atoms with Crippen LogP contribution in [0.3, 0.4) is 0 Å². The first-order chi connectivity index (χ1) is 21.8. The first kappa shape index (κ1) is 31.3. The second-order valence-electron chi connectivity index (χ2n) is 12.5. The largest absolute Gasteiger partial charge is 0.462 e. The molecule has 3 heterocycles. The van der Waals surface area contributed by atoms with Crippen molar-refractivity contribution in [2.75, 3.05) is 38.2 Å². The predicted octanol–water partition coefficient (Wildman–Crippen LogP) is 6.57. The van der Waals surface area contributed by atoms with Crippen molar-refractivity contribution in [1.29, 1.82) is 5.26 Å². The zero-order valence-electron chi connectivity index (χ0n) is 25.9. The monoisotopic (exact) mass is 630 g/mol. The Labute approximate surface area is 269 Å². The number of benzene rings is 2. The molecule has 3 aliphatic rings. The molecule has 2 atom stereocenters. The van der Waals surface area contributed by atoms with Gasteiger partial charge in [-0.1, -0.05) is 55.3 Å². The lowest BCUT2D eigenvalue weighted by molar-refractivity contribution is -0.132. The Morgan fingerprint density at radius 1 is 1.18 bits per heavy atom. The highest BCUT2D eigenvalue weighted by molar-refractivity contribution is 6.36. The summed E-state index contributed by atoms with van der Waals surface area (Å²) >= 11 is 6.70. The molecule has 1 aromatic heterocycles. The predicted molar refractivity (Wildman–Crippen MR) is 174 cm³/mol. The van der Waals surface area contributed by atoms with Gasteiger partial charge in [-0.25, -0.2) is 4.39 Å². The maximum atomic E-state index is 13.8. The number of ether oxygens (including phenoxy) is 1. The van der Waals surface area contributed by atoms with Gasteiger partial charge in [-0.2, -0.15) is 15.2 Å². The molecule has 6 rings (SSSR count). The number of hydrogen-bond acceptors (Lipinski definition) is 7. The van der Waals surface area contributed by atoms with E-state index in [2.05, 4.69) is 53.8 Å². The third kappa shape index (κ3) is 6.63. The quantitative estimate of drug-likeness (QED) is 0.247. The van der Waals surface area contributed by atoms with Crippen LogP contribution >= 0.6 is 11.6 Å². The fraction of sp³-hybridized carbons (Fsp3) is 0.486. The molecule has 2 aliphatic heterocycles. The molecular formula is C35H40ClFN6O2. The highest BCUT2D eigenvalue weighted by Crippen LogP contribution is 2.39. The topological polar surface area (TPSA) is 85.6 Å². The number of aromatic nitrogens is 2. The lowest BCUT2D eigenvalue weighted by Crippen LogP contribution is -2.46. The summed E-state index contributed by atoms with van der Waals surface area (Å²) in [7, 11) is 2.15. The van der Waals surface area contributed by atoms with Crippen LogP contribution in [0.5, 0.6) is 6.01 Å². The van der Waals surface area contributed by atoms with Crippen molar-refractivity contribution < 1.29 is 13.9 Å². The minimum atomic E-state index is -0.998. The van der Waals surface area contributed by atoms with Gasteiger partial charge in [0.25, 0.3) is 5.91 Å².